The van der Waals surface area contributed by atoms with Gasteiger partial charge in [-0.1, -0.05) is 18.7 Å². The quantitative estimate of drug-likeness (QED) is 0.418. The maximum absolute atomic E-state index is 12.8. The Hall–Kier alpha value is -3.35. The maximum Gasteiger partial charge on any atom is 0.352 e. The second-order valence-electron chi connectivity index (χ2n) is 7.41. The Morgan fingerprint density at radius 1 is 1.36 bits per heavy atom. The van der Waals surface area contributed by atoms with Gasteiger partial charge < -0.3 is 14.8 Å². The predicted molar refractivity (Wildman–Crippen MR) is 129 cm³/mol. The summed E-state index contributed by atoms with van der Waals surface area (Å²) in [6.45, 7) is 9.37. The summed E-state index contributed by atoms with van der Waals surface area (Å²) in [5.74, 6) is -0.0327. The van der Waals surface area contributed by atoms with E-state index in [2.05, 4.69) is 16.8 Å². The van der Waals surface area contributed by atoms with Crippen LogP contribution in [0.1, 0.15) is 19.8 Å². The van der Waals surface area contributed by atoms with Gasteiger partial charge in [0.1, 0.15) is 34.2 Å². The molecular formula is C24H28N4O4S. The Morgan fingerprint density at radius 3 is 2.85 bits per heavy atom. The summed E-state index contributed by atoms with van der Waals surface area (Å²) in [5.41, 5.74) is 0.280. The van der Waals surface area contributed by atoms with Gasteiger partial charge in [-0.2, -0.15) is 5.26 Å². The van der Waals surface area contributed by atoms with Crippen LogP contribution in [0.25, 0.3) is 11.8 Å². The fraction of sp³-hybridized carbons (Fsp3) is 0.375. The van der Waals surface area contributed by atoms with Gasteiger partial charge in [0.15, 0.2) is 5.57 Å². The van der Waals surface area contributed by atoms with Gasteiger partial charge in [-0.15, -0.1) is 11.3 Å². The highest BCUT2D eigenvalue weighted by Crippen LogP contribution is 2.17. The molecule has 0 spiro atoms. The number of anilines is 1. The molecule has 0 aliphatic carbocycles. The molecule has 1 aliphatic rings. The third-order valence-electron chi connectivity index (χ3n) is 5.16. The predicted octanol–water partition coefficient (Wildman–Crippen LogP) is 1.66. The summed E-state index contributed by atoms with van der Waals surface area (Å²) in [7, 11) is 0. The van der Waals surface area contributed by atoms with E-state index in [-0.39, 0.29) is 22.4 Å². The number of nitrogens with zero attached hydrogens (tertiary/aromatic N) is 3. The zero-order valence-corrected chi connectivity index (χ0v) is 19.5. The lowest BCUT2D eigenvalue weighted by atomic mass is 10.3. The van der Waals surface area contributed by atoms with Crippen LogP contribution in [0.15, 0.2) is 41.7 Å². The molecule has 1 aliphatic heterocycles. The number of aromatic nitrogens is 1. The fourth-order valence-electron chi connectivity index (χ4n) is 3.50. The average molecular weight is 469 g/mol. The molecule has 8 nitrogen and oxygen atoms in total. The molecule has 1 aromatic heterocycles. The van der Waals surface area contributed by atoms with Gasteiger partial charge in [0.25, 0.3) is 5.56 Å². The molecule has 9 heteroatoms. The van der Waals surface area contributed by atoms with Crippen LogP contribution in [0.5, 0.6) is 5.75 Å². The van der Waals surface area contributed by atoms with Gasteiger partial charge in [-0.25, -0.2) is 4.79 Å². The smallest absolute Gasteiger partial charge is 0.352 e. The number of ether oxygens (including phenoxy) is 2. The monoisotopic (exact) mass is 468 g/mol. The van der Waals surface area contributed by atoms with Gasteiger partial charge in [-0.05, 0) is 45.0 Å². The van der Waals surface area contributed by atoms with Crippen molar-refractivity contribution in [3.05, 3.63) is 56.5 Å². The highest BCUT2D eigenvalue weighted by molar-refractivity contribution is 7.07. The summed E-state index contributed by atoms with van der Waals surface area (Å²) in [4.78, 5) is 27.4. The molecule has 3 rings (SSSR count). The summed E-state index contributed by atoms with van der Waals surface area (Å²) >= 11 is 1.07. The fourth-order valence-corrected chi connectivity index (χ4v) is 4.58. The zero-order chi connectivity index (χ0) is 23.6. The van der Waals surface area contributed by atoms with Crippen molar-refractivity contribution in [1.29, 1.82) is 5.26 Å². The number of nitrogens with one attached hydrogen (secondary N) is 1. The third kappa shape index (κ3) is 6.34. The first kappa shape index (κ1) is 24.3. The zero-order valence-electron chi connectivity index (χ0n) is 18.7. The number of nitriles is 1. The normalized spacial score (nSPS) is 15.1. The molecular weight excluding hydrogens is 440 g/mol. The maximum atomic E-state index is 12.8. The van der Waals surface area contributed by atoms with Gasteiger partial charge in [-0.3, -0.25) is 14.3 Å². The lowest BCUT2D eigenvalue weighted by Gasteiger charge is -2.15. The highest BCUT2D eigenvalue weighted by Gasteiger charge is 2.16. The summed E-state index contributed by atoms with van der Waals surface area (Å²) in [6, 6.07) is 9.38. The molecule has 0 unspecified atom stereocenters. The highest BCUT2D eigenvalue weighted by atomic mass is 32.1. The molecule has 0 atom stereocenters. The first-order chi connectivity index (χ1) is 16.1. The molecule has 2 aromatic rings. The van der Waals surface area contributed by atoms with Gasteiger partial charge in [0.05, 0.1) is 0 Å². The van der Waals surface area contributed by atoms with Crippen LogP contribution >= 0.6 is 11.3 Å². The van der Waals surface area contributed by atoms with E-state index >= 15 is 0 Å². The Labute approximate surface area is 196 Å². The van der Waals surface area contributed by atoms with E-state index in [1.807, 2.05) is 30.3 Å². The summed E-state index contributed by atoms with van der Waals surface area (Å²) in [6.07, 6.45) is 5.50. The number of esters is 1. The first-order valence-electron chi connectivity index (χ1n) is 10.9. The number of rotatable bonds is 10. The van der Waals surface area contributed by atoms with Gasteiger partial charge in [0.2, 0.25) is 0 Å². The summed E-state index contributed by atoms with van der Waals surface area (Å²) < 4.78 is 12.9. The standard InChI is InChI=1S/C24H28N4O4S/c1-3-13-32-24(30)20(16-25)23-28(4-2)22(29)21(33-23)17-26-18-8-7-9-19(15-18)31-14-12-27-10-5-6-11-27/h3,7-9,15,17,26H,1,4-6,10-14H2,2H3. The molecule has 0 radical (unpaired) electrons. The van der Waals surface area contributed by atoms with Gasteiger partial charge in [0, 0.05) is 31.0 Å². The van der Waals surface area contributed by atoms with E-state index in [1.165, 1.54) is 23.5 Å². The Morgan fingerprint density at radius 2 is 2.15 bits per heavy atom. The van der Waals surface area contributed by atoms with E-state index < -0.39 is 5.97 Å². The Balaban J connectivity index is 1.79. The van der Waals surface area contributed by atoms with E-state index in [0.717, 1.165) is 42.4 Å². The Bertz CT molecular complexity index is 1200. The van der Waals surface area contributed by atoms with Crippen molar-refractivity contribution in [1.82, 2.24) is 9.47 Å². The topological polar surface area (TPSA) is 96.6 Å². The minimum atomic E-state index is -0.779. The molecule has 0 bridgehead atoms. The third-order valence-corrected chi connectivity index (χ3v) is 6.30. The van der Waals surface area contributed by atoms with Crippen LogP contribution in [0.2, 0.25) is 0 Å². The van der Waals surface area contributed by atoms with Crippen LogP contribution in [-0.2, 0) is 16.1 Å². The van der Waals surface area contributed by atoms with Crippen molar-refractivity contribution in [2.24, 2.45) is 0 Å². The number of hydrogen-bond donors (Lipinski definition) is 1. The van der Waals surface area contributed by atoms with E-state index in [1.54, 1.807) is 13.1 Å². The van der Waals surface area contributed by atoms with E-state index in [0.29, 0.717) is 17.7 Å². The van der Waals surface area contributed by atoms with Crippen LogP contribution in [-0.4, -0.2) is 48.3 Å². The molecule has 0 amide bonds. The van der Waals surface area contributed by atoms with Crippen LogP contribution in [0, 0.1) is 11.3 Å². The summed E-state index contributed by atoms with van der Waals surface area (Å²) in [5, 5.41) is 12.6. The molecule has 174 valence electrons. The van der Waals surface area contributed by atoms with Crippen LogP contribution < -0.4 is 24.8 Å². The number of hydrogen-bond acceptors (Lipinski definition) is 8. The van der Waals surface area contributed by atoms with Crippen LogP contribution in [0.3, 0.4) is 0 Å². The average Bonchev–Trinajstić information content (AvgIpc) is 3.45. The van der Waals surface area contributed by atoms with E-state index in [4.69, 9.17) is 9.47 Å². The minimum absolute atomic E-state index is 0.0112. The first-order valence-corrected chi connectivity index (χ1v) is 11.7. The van der Waals surface area contributed by atoms with Crippen molar-refractivity contribution in [3.63, 3.8) is 0 Å². The van der Waals surface area contributed by atoms with Crippen molar-refractivity contribution < 1.29 is 14.3 Å². The van der Waals surface area contributed by atoms with Gasteiger partial charge >= 0.3 is 5.97 Å². The lowest BCUT2D eigenvalue weighted by Crippen LogP contribution is -2.32. The van der Waals surface area contributed by atoms with E-state index in [9.17, 15) is 14.9 Å². The number of carbonyl (C=O) groups is 1. The lowest BCUT2D eigenvalue weighted by molar-refractivity contribution is -0.135. The van der Waals surface area contributed by atoms with Crippen molar-refractivity contribution in [2.45, 2.75) is 26.3 Å². The Kier molecular flexibility index (Phi) is 8.87. The largest absolute Gasteiger partial charge is 0.492 e. The SMILES string of the molecule is C=CCOC(=O)C(C#N)=c1sc(=CNc2cccc(OCCN3CCCC3)c2)c(=O)n1CC. The number of likely N-dealkylation sites (tertiary alicyclic amines) is 1. The van der Waals surface area contributed by atoms with Crippen LogP contribution in [0.4, 0.5) is 5.69 Å². The number of thiazole rings is 1. The molecule has 0 saturated carbocycles. The molecule has 2 heterocycles. The minimum Gasteiger partial charge on any atom is -0.492 e. The number of carbonyl (C=O) groups excluding carboxylic acids is 1. The van der Waals surface area contributed by atoms with Crippen molar-refractivity contribution >= 4 is 34.8 Å². The molecule has 1 N–H and O–H groups in total. The second-order valence-corrected chi connectivity index (χ2v) is 8.44. The van der Waals surface area contributed by atoms with Crippen molar-refractivity contribution in [3.8, 4) is 11.8 Å². The second kappa shape index (κ2) is 12.0. The molecule has 1 aromatic carbocycles. The molecule has 1 fully saturated rings. The number of benzene rings is 1. The van der Waals surface area contributed by atoms with Crippen molar-refractivity contribution in [2.75, 3.05) is 38.2 Å². The molecule has 33 heavy (non-hydrogen) atoms. The molecule has 1 saturated heterocycles.